The molecule has 0 radical (unpaired) electrons. The van der Waals surface area contributed by atoms with Gasteiger partial charge in [-0.25, -0.2) is 4.99 Å². The zero-order valence-corrected chi connectivity index (χ0v) is 18.2. The molecular formula is C19H34IN5. The van der Waals surface area contributed by atoms with E-state index in [4.69, 9.17) is 5.73 Å². The van der Waals surface area contributed by atoms with E-state index in [-0.39, 0.29) is 24.0 Å². The van der Waals surface area contributed by atoms with Gasteiger partial charge in [-0.05, 0) is 43.6 Å². The van der Waals surface area contributed by atoms with Crippen molar-refractivity contribution >= 4 is 29.9 Å². The zero-order valence-electron chi connectivity index (χ0n) is 15.9. The first-order valence-electron chi connectivity index (χ1n) is 9.05. The summed E-state index contributed by atoms with van der Waals surface area (Å²) in [5.41, 5.74) is 8.45. The maximum Gasteiger partial charge on any atom is 0.188 e. The second-order valence-corrected chi connectivity index (χ2v) is 7.23. The number of aliphatic imine (C=N–C) groups is 1. The van der Waals surface area contributed by atoms with E-state index in [1.807, 2.05) is 0 Å². The van der Waals surface area contributed by atoms with E-state index < -0.39 is 0 Å². The molecule has 0 aliphatic carbocycles. The molecule has 0 spiro atoms. The van der Waals surface area contributed by atoms with Gasteiger partial charge in [0.05, 0.1) is 6.54 Å². The quantitative estimate of drug-likeness (QED) is 0.390. The lowest BCUT2D eigenvalue weighted by Gasteiger charge is -2.20. The molecule has 6 heteroatoms. The number of rotatable bonds is 6. The van der Waals surface area contributed by atoms with Crippen LogP contribution in [-0.2, 0) is 13.1 Å². The molecule has 1 aromatic carbocycles. The summed E-state index contributed by atoms with van der Waals surface area (Å²) >= 11 is 0. The van der Waals surface area contributed by atoms with Gasteiger partial charge < -0.3 is 16.0 Å². The molecule has 0 amide bonds. The molecule has 142 valence electrons. The third-order valence-electron chi connectivity index (χ3n) is 4.36. The smallest absolute Gasteiger partial charge is 0.188 e. The number of nitrogens with zero attached hydrogens (tertiary/aromatic N) is 3. The summed E-state index contributed by atoms with van der Waals surface area (Å²) in [6.45, 7) is 11.5. The molecular weight excluding hydrogens is 425 g/mol. The van der Waals surface area contributed by atoms with Crippen molar-refractivity contribution in [1.29, 1.82) is 0 Å². The molecule has 1 saturated heterocycles. The van der Waals surface area contributed by atoms with Crippen LogP contribution in [0.2, 0.25) is 0 Å². The number of nitrogens with two attached hydrogens (primary N) is 1. The topological polar surface area (TPSA) is 56.9 Å². The minimum atomic E-state index is 0. The van der Waals surface area contributed by atoms with E-state index in [1.165, 1.54) is 30.6 Å². The Morgan fingerprint density at radius 1 is 1.12 bits per heavy atom. The molecule has 5 nitrogen and oxygen atoms in total. The van der Waals surface area contributed by atoms with Gasteiger partial charge in [0.2, 0.25) is 0 Å². The minimum Gasteiger partial charge on any atom is -0.370 e. The fourth-order valence-corrected chi connectivity index (χ4v) is 2.81. The fraction of sp³-hybridized carbons (Fsp3) is 0.632. The summed E-state index contributed by atoms with van der Waals surface area (Å²) < 4.78 is 0. The van der Waals surface area contributed by atoms with Gasteiger partial charge in [-0.1, -0.05) is 38.1 Å². The predicted octanol–water partition coefficient (Wildman–Crippen LogP) is 2.50. The van der Waals surface area contributed by atoms with Crippen LogP contribution in [-0.4, -0.2) is 55.5 Å². The Bertz CT molecular complexity index is 515. The van der Waals surface area contributed by atoms with Gasteiger partial charge in [-0.3, -0.25) is 4.90 Å². The molecule has 0 unspecified atom stereocenters. The highest BCUT2D eigenvalue weighted by molar-refractivity contribution is 14.0. The van der Waals surface area contributed by atoms with E-state index in [0.29, 0.717) is 18.4 Å². The van der Waals surface area contributed by atoms with Crippen LogP contribution in [0.15, 0.2) is 29.3 Å². The lowest BCUT2D eigenvalue weighted by molar-refractivity contribution is 0.269. The molecule has 1 aliphatic heterocycles. The zero-order chi connectivity index (χ0) is 17.4. The first kappa shape index (κ1) is 22.2. The van der Waals surface area contributed by atoms with Crippen LogP contribution in [0.4, 0.5) is 0 Å². The highest BCUT2D eigenvalue weighted by Crippen LogP contribution is 2.10. The first-order chi connectivity index (χ1) is 11.5. The molecule has 0 aromatic heterocycles. The molecule has 1 fully saturated rings. The lowest BCUT2D eigenvalue weighted by atomic mass is 10.1. The average molecular weight is 459 g/mol. The van der Waals surface area contributed by atoms with Crippen molar-refractivity contribution < 1.29 is 0 Å². The van der Waals surface area contributed by atoms with E-state index in [9.17, 15) is 0 Å². The first-order valence-corrected chi connectivity index (χ1v) is 9.05. The summed E-state index contributed by atoms with van der Waals surface area (Å²) in [6, 6.07) is 8.77. The lowest BCUT2D eigenvalue weighted by Crippen LogP contribution is -2.34. The largest absolute Gasteiger partial charge is 0.370 e. The number of guanidine groups is 1. The van der Waals surface area contributed by atoms with Crippen molar-refractivity contribution in [2.24, 2.45) is 16.6 Å². The molecule has 3 N–H and O–H groups in total. The van der Waals surface area contributed by atoms with Gasteiger partial charge in [0.1, 0.15) is 0 Å². The molecule has 2 rings (SSSR count). The fourth-order valence-electron chi connectivity index (χ4n) is 2.81. The van der Waals surface area contributed by atoms with Crippen molar-refractivity contribution in [3.05, 3.63) is 35.4 Å². The van der Waals surface area contributed by atoms with Crippen molar-refractivity contribution in [2.75, 3.05) is 39.8 Å². The van der Waals surface area contributed by atoms with Gasteiger partial charge in [-0.15, -0.1) is 24.0 Å². The van der Waals surface area contributed by atoms with Crippen LogP contribution in [0, 0.1) is 5.92 Å². The molecule has 1 aliphatic rings. The number of likely N-dealkylation sites (N-methyl/N-ethyl adjacent to an activating group) is 1. The normalized spacial score (nSPS) is 17.2. The molecule has 1 aromatic rings. The summed E-state index contributed by atoms with van der Waals surface area (Å²) in [7, 11) is 2.21. The highest BCUT2D eigenvalue weighted by atomic mass is 127. The Kier molecular flexibility index (Phi) is 10.4. The van der Waals surface area contributed by atoms with Crippen LogP contribution >= 0.6 is 24.0 Å². The van der Waals surface area contributed by atoms with Crippen LogP contribution < -0.4 is 11.1 Å². The number of nitrogens with one attached hydrogen (secondary N) is 1. The minimum absolute atomic E-state index is 0. The van der Waals surface area contributed by atoms with Gasteiger partial charge >= 0.3 is 0 Å². The average Bonchev–Trinajstić information content (AvgIpc) is 2.77. The number of benzene rings is 1. The van der Waals surface area contributed by atoms with Crippen molar-refractivity contribution in [3.63, 3.8) is 0 Å². The second-order valence-electron chi connectivity index (χ2n) is 7.23. The molecule has 0 saturated carbocycles. The van der Waals surface area contributed by atoms with Crippen molar-refractivity contribution in [1.82, 2.24) is 15.1 Å². The SMILES string of the molecule is CC(C)CNC(N)=NCc1ccc(CN2CCCN(C)CC2)cc1.I. The van der Waals surface area contributed by atoms with Crippen molar-refractivity contribution in [3.8, 4) is 0 Å². The third kappa shape index (κ3) is 8.87. The number of hydrogen-bond acceptors (Lipinski definition) is 3. The number of halogens is 1. The Balaban J connectivity index is 0.00000312. The highest BCUT2D eigenvalue weighted by Gasteiger charge is 2.12. The van der Waals surface area contributed by atoms with Crippen LogP contribution in [0.1, 0.15) is 31.4 Å². The molecule has 0 bridgehead atoms. The second kappa shape index (κ2) is 11.7. The molecule has 0 atom stereocenters. The Hall–Kier alpha value is -0.860. The third-order valence-corrected chi connectivity index (χ3v) is 4.36. The van der Waals surface area contributed by atoms with E-state index >= 15 is 0 Å². The summed E-state index contributed by atoms with van der Waals surface area (Å²) in [5.74, 6) is 1.10. The standard InChI is InChI=1S/C19H33N5.HI/c1-16(2)13-21-19(20)22-14-17-5-7-18(8-6-17)15-24-10-4-9-23(3)11-12-24;/h5-8,16H,4,9-15H2,1-3H3,(H3,20,21,22);1H. The van der Waals surface area contributed by atoms with Gasteiger partial charge in [0.25, 0.3) is 0 Å². The molecule has 25 heavy (non-hydrogen) atoms. The summed E-state index contributed by atoms with van der Waals surface area (Å²) in [5, 5.41) is 3.14. The van der Waals surface area contributed by atoms with Gasteiger partial charge in [0.15, 0.2) is 5.96 Å². The predicted molar refractivity (Wildman–Crippen MR) is 117 cm³/mol. The maximum absolute atomic E-state index is 5.88. The Morgan fingerprint density at radius 2 is 1.80 bits per heavy atom. The van der Waals surface area contributed by atoms with Gasteiger partial charge in [-0.2, -0.15) is 0 Å². The Morgan fingerprint density at radius 3 is 2.48 bits per heavy atom. The summed E-state index contributed by atoms with van der Waals surface area (Å²) in [6.07, 6.45) is 1.26. The van der Waals surface area contributed by atoms with E-state index in [1.54, 1.807) is 0 Å². The van der Waals surface area contributed by atoms with Crippen LogP contribution in [0.5, 0.6) is 0 Å². The summed E-state index contributed by atoms with van der Waals surface area (Å²) in [4.78, 5) is 9.36. The maximum atomic E-state index is 5.88. The van der Waals surface area contributed by atoms with Crippen LogP contribution in [0.25, 0.3) is 0 Å². The molecule has 1 heterocycles. The monoisotopic (exact) mass is 459 g/mol. The van der Waals surface area contributed by atoms with Gasteiger partial charge in [0, 0.05) is 26.2 Å². The van der Waals surface area contributed by atoms with Crippen LogP contribution in [0.3, 0.4) is 0 Å². The van der Waals surface area contributed by atoms with E-state index in [2.05, 4.69) is 65.3 Å². The van der Waals surface area contributed by atoms with E-state index in [0.717, 1.165) is 26.2 Å². The Labute approximate surface area is 170 Å². The van der Waals surface area contributed by atoms with Crippen molar-refractivity contribution in [2.45, 2.75) is 33.4 Å². The number of hydrogen-bond donors (Lipinski definition) is 2.